The third kappa shape index (κ3) is 3.88. The van der Waals surface area contributed by atoms with Crippen molar-refractivity contribution >= 4 is 46.0 Å². The van der Waals surface area contributed by atoms with Gasteiger partial charge in [-0.25, -0.2) is 0 Å². The molecular weight excluding hydrogens is 513 g/mol. The monoisotopic (exact) mass is 531 g/mol. The predicted octanol–water partition coefficient (Wildman–Crippen LogP) is 3.48. The summed E-state index contributed by atoms with van der Waals surface area (Å²) in [5.41, 5.74) is 4.63. The van der Waals surface area contributed by atoms with Crippen LogP contribution in [0.2, 0.25) is 5.02 Å². The van der Waals surface area contributed by atoms with Crippen molar-refractivity contribution in [1.82, 2.24) is 24.6 Å². The zero-order valence-corrected chi connectivity index (χ0v) is 19.8. The van der Waals surface area contributed by atoms with E-state index >= 15 is 0 Å². The van der Waals surface area contributed by atoms with Crippen LogP contribution in [-0.2, 0) is 21.4 Å². The molecule has 4 rings (SSSR count). The van der Waals surface area contributed by atoms with Crippen LogP contribution in [0.3, 0.4) is 0 Å². The number of nitrogens with two attached hydrogens (primary N) is 1. The van der Waals surface area contributed by atoms with Crippen LogP contribution in [-0.4, -0.2) is 62.7 Å². The Kier molecular flexibility index (Phi) is 5.85. The maximum Gasteiger partial charge on any atom is 0.453 e. The number of carbonyl (C=O) groups is 2. The first kappa shape index (κ1) is 25.5. The molecule has 3 heterocycles. The molecule has 0 saturated heterocycles. The van der Waals surface area contributed by atoms with Gasteiger partial charge in [-0.1, -0.05) is 11.6 Å². The Morgan fingerprint density at radius 2 is 1.89 bits per heavy atom. The summed E-state index contributed by atoms with van der Waals surface area (Å²) in [4.78, 5) is 35.1. The lowest BCUT2D eigenvalue weighted by atomic mass is 9.83. The summed E-state index contributed by atoms with van der Waals surface area (Å²) in [5.74, 6) is -6.63. The molecule has 3 aromatic rings. The molecular formula is C21H19ClF5N7O2. The smallest absolute Gasteiger partial charge is 0.383 e. The van der Waals surface area contributed by atoms with E-state index in [1.54, 1.807) is 0 Å². The Hall–Kier alpha value is -3.55. The van der Waals surface area contributed by atoms with E-state index in [0.717, 1.165) is 4.68 Å². The number of amides is 2. The maximum atomic E-state index is 13.6. The highest BCUT2D eigenvalue weighted by Gasteiger charge is 2.57. The van der Waals surface area contributed by atoms with Crippen molar-refractivity contribution in [3.63, 3.8) is 0 Å². The summed E-state index contributed by atoms with van der Waals surface area (Å²) >= 11 is 6.01. The van der Waals surface area contributed by atoms with Crippen molar-refractivity contribution in [2.45, 2.75) is 37.3 Å². The molecule has 1 aromatic carbocycles. The molecule has 0 fully saturated rings. The van der Waals surface area contributed by atoms with Gasteiger partial charge in [0.1, 0.15) is 11.6 Å². The molecule has 2 amide bonds. The first-order chi connectivity index (χ1) is 16.6. The third-order valence-corrected chi connectivity index (χ3v) is 6.18. The molecule has 0 aliphatic carbocycles. The Labute approximate surface area is 205 Å². The normalized spacial score (nSPS) is 17.9. The highest BCUT2D eigenvalue weighted by Crippen LogP contribution is 2.42. The second kappa shape index (κ2) is 8.25. The fourth-order valence-corrected chi connectivity index (χ4v) is 4.22. The number of aromatic nitrogens is 4. The van der Waals surface area contributed by atoms with Gasteiger partial charge in [-0.05, 0) is 31.5 Å². The molecule has 1 atom stereocenters. The van der Waals surface area contributed by atoms with Gasteiger partial charge in [0.25, 0.3) is 5.95 Å². The van der Waals surface area contributed by atoms with E-state index in [4.69, 9.17) is 17.3 Å². The van der Waals surface area contributed by atoms with E-state index in [1.165, 1.54) is 44.1 Å². The standard InChI is InChI=1S/C21H19ClF5N7O2/c1-19(17(36)33(2)3)13-14(28)29-18(31-15(13)30-16(19)35)34-12-5-4-9(22)8-10(12)11(32-34)6-7-20(23,24)21(25,26)27/h4-5,8H,6-7H2,1-3H3,(H3,28,29,30,31,35). The number of fused-ring (bicyclic) bond motifs is 2. The van der Waals surface area contributed by atoms with Crippen LogP contribution < -0.4 is 11.1 Å². The average molecular weight is 532 g/mol. The molecule has 0 spiro atoms. The quantitative estimate of drug-likeness (QED) is 0.384. The third-order valence-electron chi connectivity index (χ3n) is 5.94. The van der Waals surface area contributed by atoms with Crippen LogP contribution >= 0.6 is 11.6 Å². The molecule has 0 radical (unpaired) electrons. The molecule has 0 saturated carbocycles. The zero-order valence-electron chi connectivity index (χ0n) is 19.0. The molecule has 0 bridgehead atoms. The summed E-state index contributed by atoms with van der Waals surface area (Å²) in [5, 5.41) is 7.06. The van der Waals surface area contributed by atoms with E-state index in [1.807, 2.05) is 0 Å². The van der Waals surface area contributed by atoms with E-state index in [0.29, 0.717) is 0 Å². The number of rotatable bonds is 5. The average Bonchev–Trinajstić information content (AvgIpc) is 3.25. The number of halogens is 6. The van der Waals surface area contributed by atoms with Crippen LogP contribution in [0, 0.1) is 0 Å². The van der Waals surface area contributed by atoms with Crippen molar-refractivity contribution in [3.8, 4) is 5.95 Å². The minimum Gasteiger partial charge on any atom is -0.383 e. The van der Waals surface area contributed by atoms with Crippen molar-refractivity contribution in [2.24, 2.45) is 0 Å². The van der Waals surface area contributed by atoms with Gasteiger partial charge in [0.15, 0.2) is 5.41 Å². The van der Waals surface area contributed by atoms with Gasteiger partial charge in [0, 0.05) is 30.9 Å². The maximum absolute atomic E-state index is 13.6. The van der Waals surface area contributed by atoms with Crippen LogP contribution in [0.1, 0.15) is 24.6 Å². The van der Waals surface area contributed by atoms with Gasteiger partial charge in [-0.2, -0.15) is 41.7 Å². The van der Waals surface area contributed by atoms with E-state index in [-0.39, 0.29) is 44.8 Å². The number of nitrogens with zero attached hydrogens (tertiary/aromatic N) is 5. The van der Waals surface area contributed by atoms with Crippen LogP contribution in [0.25, 0.3) is 16.9 Å². The molecule has 1 aliphatic heterocycles. The molecule has 36 heavy (non-hydrogen) atoms. The van der Waals surface area contributed by atoms with E-state index in [2.05, 4.69) is 20.4 Å². The number of carbonyl (C=O) groups excluding carboxylic acids is 2. The molecule has 3 N–H and O–H groups in total. The fourth-order valence-electron chi connectivity index (χ4n) is 4.05. The number of aryl methyl sites for hydroxylation is 1. The molecule has 15 heteroatoms. The highest BCUT2D eigenvalue weighted by atomic mass is 35.5. The number of hydrogen-bond donors (Lipinski definition) is 2. The Bertz CT molecular complexity index is 1410. The number of alkyl halides is 5. The number of nitrogen functional groups attached to an aromatic ring is 1. The lowest BCUT2D eigenvalue weighted by Gasteiger charge is -2.25. The Balaban J connectivity index is 1.82. The van der Waals surface area contributed by atoms with Crippen molar-refractivity contribution in [1.29, 1.82) is 0 Å². The van der Waals surface area contributed by atoms with E-state index in [9.17, 15) is 31.5 Å². The zero-order chi connectivity index (χ0) is 26.8. The van der Waals surface area contributed by atoms with Crippen molar-refractivity contribution in [3.05, 3.63) is 34.5 Å². The van der Waals surface area contributed by atoms with Crippen molar-refractivity contribution < 1.29 is 31.5 Å². The Morgan fingerprint density at radius 3 is 2.50 bits per heavy atom. The van der Waals surface area contributed by atoms with Gasteiger partial charge >= 0.3 is 12.1 Å². The minimum atomic E-state index is -5.71. The van der Waals surface area contributed by atoms with Crippen LogP contribution in [0.4, 0.5) is 33.6 Å². The molecule has 9 nitrogen and oxygen atoms in total. The number of anilines is 2. The van der Waals surface area contributed by atoms with Crippen LogP contribution in [0.15, 0.2) is 18.2 Å². The molecule has 1 unspecified atom stereocenters. The highest BCUT2D eigenvalue weighted by molar-refractivity contribution is 6.31. The summed E-state index contributed by atoms with van der Waals surface area (Å²) in [6, 6.07) is 4.29. The lowest BCUT2D eigenvalue weighted by Crippen LogP contribution is -2.46. The summed E-state index contributed by atoms with van der Waals surface area (Å²) in [6.07, 6.45) is -7.98. The number of likely N-dealkylation sites (N-methyl/N-ethyl adjacent to an activating group) is 1. The van der Waals surface area contributed by atoms with Crippen molar-refractivity contribution in [2.75, 3.05) is 25.1 Å². The largest absolute Gasteiger partial charge is 0.453 e. The van der Waals surface area contributed by atoms with E-state index < -0.39 is 42.2 Å². The van der Waals surface area contributed by atoms with Crippen LogP contribution in [0.5, 0.6) is 0 Å². The summed E-state index contributed by atoms with van der Waals surface area (Å²) < 4.78 is 66.2. The summed E-state index contributed by atoms with van der Waals surface area (Å²) in [7, 11) is 2.93. The first-order valence-corrected chi connectivity index (χ1v) is 10.8. The number of hydrogen-bond acceptors (Lipinski definition) is 6. The summed E-state index contributed by atoms with van der Waals surface area (Å²) in [6.45, 7) is 1.38. The lowest BCUT2D eigenvalue weighted by molar-refractivity contribution is -0.284. The van der Waals surface area contributed by atoms with Gasteiger partial charge in [0.2, 0.25) is 11.8 Å². The molecule has 192 valence electrons. The predicted molar refractivity (Wildman–Crippen MR) is 120 cm³/mol. The first-order valence-electron chi connectivity index (χ1n) is 10.4. The van der Waals surface area contributed by atoms with Gasteiger partial charge in [-0.3, -0.25) is 9.59 Å². The number of benzene rings is 1. The second-order valence-electron chi connectivity index (χ2n) is 8.63. The second-order valence-corrected chi connectivity index (χ2v) is 9.07. The Morgan fingerprint density at radius 1 is 1.22 bits per heavy atom. The topological polar surface area (TPSA) is 119 Å². The number of nitrogens with one attached hydrogen (secondary N) is 1. The SMILES string of the molecule is CN(C)C(=O)C1(C)C(=O)Nc2nc(-n3nc(CCC(F)(F)C(F)(F)F)c4cc(Cl)ccc43)nc(N)c21. The minimum absolute atomic E-state index is 0.0528. The van der Waals surface area contributed by atoms with Gasteiger partial charge in [-0.15, -0.1) is 0 Å². The van der Waals surface area contributed by atoms with Gasteiger partial charge in [0.05, 0.1) is 16.8 Å². The fraction of sp³-hybridized carbons (Fsp3) is 0.381. The van der Waals surface area contributed by atoms with Gasteiger partial charge < -0.3 is 16.0 Å². The molecule has 1 aliphatic rings. The molecule has 2 aromatic heterocycles.